The van der Waals surface area contributed by atoms with E-state index in [1.165, 1.54) is 105 Å². The molecule has 0 radical (unpaired) electrons. The lowest BCUT2D eigenvalue weighted by Gasteiger charge is -2.35. The van der Waals surface area contributed by atoms with Crippen molar-refractivity contribution in [2.45, 2.75) is 38.5 Å². The summed E-state index contributed by atoms with van der Waals surface area (Å²) < 4.78 is 0. The second-order valence-electron chi connectivity index (χ2n) is 18.6. The summed E-state index contributed by atoms with van der Waals surface area (Å²) in [7, 11) is 0. The van der Waals surface area contributed by atoms with Crippen LogP contribution in [0.25, 0.3) is 55.3 Å². The van der Waals surface area contributed by atoms with Gasteiger partial charge in [-0.2, -0.15) is 0 Å². The molecule has 0 bridgehead atoms. The van der Waals surface area contributed by atoms with Gasteiger partial charge in [-0.25, -0.2) is 0 Å². The van der Waals surface area contributed by atoms with Gasteiger partial charge >= 0.3 is 0 Å². The summed E-state index contributed by atoms with van der Waals surface area (Å²) in [5.74, 6) is 0. The van der Waals surface area contributed by atoms with E-state index in [-0.39, 0.29) is 5.41 Å². The Balaban J connectivity index is 1.18. The molecule has 0 saturated carbocycles. The van der Waals surface area contributed by atoms with Crippen LogP contribution in [-0.2, 0) is 10.8 Å². The highest BCUT2D eigenvalue weighted by Crippen LogP contribution is 2.58. The third kappa shape index (κ3) is 5.92. The summed E-state index contributed by atoms with van der Waals surface area (Å²) in [6.07, 6.45) is 0. The minimum absolute atomic E-state index is 0.175. The van der Waals surface area contributed by atoms with Gasteiger partial charge in [0.25, 0.3) is 0 Å². The fourth-order valence-electron chi connectivity index (χ4n) is 11.5. The van der Waals surface area contributed by atoms with Crippen LogP contribution in [0.5, 0.6) is 0 Å². The van der Waals surface area contributed by atoms with Gasteiger partial charge in [-0.1, -0.05) is 207 Å². The van der Waals surface area contributed by atoms with Crippen molar-refractivity contribution < 1.29 is 0 Å². The molecule has 10 aromatic carbocycles. The Morgan fingerprint density at radius 3 is 1.57 bits per heavy atom. The van der Waals surface area contributed by atoms with Crippen LogP contribution in [0.15, 0.2) is 224 Å². The zero-order chi connectivity index (χ0) is 43.9. The van der Waals surface area contributed by atoms with Crippen LogP contribution >= 0.6 is 0 Å². The van der Waals surface area contributed by atoms with Crippen LogP contribution in [0.2, 0.25) is 0 Å². The van der Waals surface area contributed by atoms with Crippen molar-refractivity contribution in [2.75, 3.05) is 4.90 Å². The molecule has 2 aliphatic carbocycles. The molecule has 0 saturated heterocycles. The number of fused-ring (bicyclic) bond motifs is 7. The Morgan fingerprint density at radius 2 is 0.877 bits per heavy atom. The van der Waals surface area contributed by atoms with Crippen LogP contribution in [-0.4, -0.2) is 0 Å². The highest BCUT2D eigenvalue weighted by atomic mass is 15.1. The molecular formula is C64H49N. The highest BCUT2D eigenvalue weighted by molar-refractivity contribution is 6.04. The molecule has 1 nitrogen and oxygen atoms in total. The first kappa shape index (κ1) is 38.9. The van der Waals surface area contributed by atoms with E-state index in [0.717, 1.165) is 11.4 Å². The van der Waals surface area contributed by atoms with Crippen LogP contribution < -0.4 is 4.90 Å². The lowest BCUT2D eigenvalue weighted by molar-refractivity contribution is 0.660. The van der Waals surface area contributed by atoms with Gasteiger partial charge in [0.15, 0.2) is 0 Å². The molecule has 12 rings (SSSR count). The first-order chi connectivity index (χ1) is 31.8. The maximum Gasteiger partial charge on any atom is 0.0714 e. The number of anilines is 3. The molecule has 0 unspecified atom stereocenters. The van der Waals surface area contributed by atoms with Crippen LogP contribution in [0, 0.1) is 13.8 Å². The molecule has 0 atom stereocenters. The quantitative estimate of drug-likeness (QED) is 0.155. The highest BCUT2D eigenvalue weighted by Gasteiger charge is 2.46. The van der Waals surface area contributed by atoms with Crippen molar-refractivity contribution >= 4 is 27.8 Å². The summed E-state index contributed by atoms with van der Waals surface area (Å²) in [6, 6.07) is 84.2. The molecule has 0 aliphatic heterocycles. The maximum absolute atomic E-state index is 2.58. The Morgan fingerprint density at radius 1 is 0.354 bits per heavy atom. The molecule has 310 valence electrons. The van der Waals surface area contributed by atoms with Crippen LogP contribution in [0.3, 0.4) is 0 Å². The monoisotopic (exact) mass is 831 g/mol. The molecule has 10 aromatic rings. The lowest BCUT2D eigenvalue weighted by Crippen LogP contribution is -2.28. The summed E-state index contributed by atoms with van der Waals surface area (Å²) in [6.45, 7) is 9.24. The summed E-state index contributed by atoms with van der Waals surface area (Å²) in [5.41, 5.74) is 23.0. The van der Waals surface area contributed by atoms with E-state index in [4.69, 9.17) is 0 Å². The molecular weight excluding hydrogens is 783 g/mol. The van der Waals surface area contributed by atoms with E-state index >= 15 is 0 Å². The van der Waals surface area contributed by atoms with E-state index in [9.17, 15) is 0 Å². The van der Waals surface area contributed by atoms with Crippen molar-refractivity contribution in [1.82, 2.24) is 0 Å². The number of aryl methyl sites for hydroxylation is 2. The lowest BCUT2D eigenvalue weighted by atomic mass is 9.67. The predicted octanol–water partition coefficient (Wildman–Crippen LogP) is 16.9. The van der Waals surface area contributed by atoms with Gasteiger partial charge in [-0.3, -0.25) is 0 Å². The number of nitrogens with zero attached hydrogens (tertiary/aromatic N) is 1. The molecule has 0 aromatic heterocycles. The normalized spacial score (nSPS) is 13.8. The zero-order valence-electron chi connectivity index (χ0n) is 37.3. The van der Waals surface area contributed by atoms with Gasteiger partial charge in [0.2, 0.25) is 0 Å². The molecule has 65 heavy (non-hydrogen) atoms. The second kappa shape index (κ2) is 14.9. The predicted molar refractivity (Wildman–Crippen MR) is 274 cm³/mol. The number of hydrogen-bond acceptors (Lipinski definition) is 1. The largest absolute Gasteiger partial charge is 0.310 e. The van der Waals surface area contributed by atoms with E-state index in [1.54, 1.807) is 0 Å². The van der Waals surface area contributed by atoms with Gasteiger partial charge in [-0.05, 0) is 139 Å². The summed E-state index contributed by atoms with van der Waals surface area (Å²) in [4.78, 5) is 2.58. The molecule has 0 amide bonds. The molecule has 2 aliphatic rings. The van der Waals surface area contributed by atoms with Crippen molar-refractivity contribution in [3.05, 3.63) is 269 Å². The van der Waals surface area contributed by atoms with Gasteiger partial charge in [0.05, 0.1) is 11.1 Å². The van der Waals surface area contributed by atoms with E-state index in [1.807, 2.05) is 0 Å². The van der Waals surface area contributed by atoms with E-state index < -0.39 is 5.41 Å². The standard InChI is InChI=1S/C64H49N/c1-42-30-32-44(33-31-42)46-38-43(2)62(57(39-46)52-27-17-19-45-18-11-12-24-51(45)52)65(49-34-36-55-53-25-13-15-28-58(53)63(3,4)60(55)40-49)50-35-37-56-54-26-14-16-29-59(54)64(61(56)41-50,47-20-7-5-8-21-47)48-22-9-6-10-23-48/h5-41H,1-4H3. The number of hydrogen-bond donors (Lipinski definition) is 0. The molecule has 0 spiro atoms. The Kier molecular flexibility index (Phi) is 8.94. The van der Waals surface area contributed by atoms with Crippen LogP contribution in [0.1, 0.15) is 58.4 Å². The van der Waals surface area contributed by atoms with Crippen molar-refractivity contribution in [1.29, 1.82) is 0 Å². The molecule has 0 heterocycles. The average Bonchev–Trinajstić information content (AvgIpc) is 3.77. The number of benzene rings is 10. The van der Waals surface area contributed by atoms with Gasteiger partial charge in [0, 0.05) is 22.4 Å². The second-order valence-corrected chi connectivity index (χ2v) is 18.6. The first-order valence-corrected chi connectivity index (χ1v) is 22.9. The zero-order valence-corrected chi connectivity index (χ0v) is 37.3. The minimum Gasteiger partial charge on any atom is -0.310 e. The minimum atomic E-state index is -0.541. The van der Waals surface area contributed by atoms with Gasteiger partial charge < -0.3 is 4.90 Å². The fraction of sp³-hybridized carbons (Fsp3) is 0.0938. The van der Waals surface area contributed by atoms with Gasteiger partial charge in [0.1, 0.15) is 0 Å². The van der Waals surface area contributed by atoms with E-state index in [0.29, 0.717) is 0 Å². The summed E-state index contributed by atoms with van der Waals surface area (Å²) >= 11 is 0. The molecule has 0 fully saturated rings. The Hall–Kier alpha value is -7.74. The third-order valence-electron chi connectivity index (χ3n) is 14.5. The SMILES string of the molecule is Cc1ccc(-c2cc(C)c(N(c3ccc4c(c3)C(C)(C)c3ccccc3-4)c3ccc4c(c3)C(c3ccccc3)(c3ccccc3)c3ccccc3-4)c(-c3cccc4ccccc34)c2)cc1. The molecule has 1 heteroatoms. The van der Waals surface area contributed by atoms with Crippen LogP contribution in [0.4, 0.5) is 17.1 Å². The van der Waals surface area contributed by atoms with Crippen molar-refractivity contribution in [3.8, 4) is 44.5 Å². The van der Waals surface area contributed by atoms with E-state index in [2.05, 4.69) is 257 Å². The third-order valence-corrected chi connectivity index (χ3v) is 14.5. The van der Waals surface area contributed by atoms with Crippen molar-refractivity contribution in [2.24, 2.45) is 0 Å². The maximum atomic E-state index is 2.58. The summed E-state index contributed by atoms with van der Waals surface area (Å²) in [5, 5.41) is 2.46. The Labute approximate surface area is 383 Å². The first-order valence-electron chi connectivity index (χ1n) is 22.9. The molecule has 0 N–H and O–H groups in total. The Bertz CT molecular complexity index is 3420. The average molecular weight is 832 g/mol. The van der Waals surface area contributed by atoms with Crippen molar-refractivity contribution in [3.63, 3.8) is 0 Å². The fourth-order valence-corrected chi connectivity index (χ4v) is 11.5. The topological polar surface area (TPSA) is 3.24 Å². The smallest absolute Gasteiger partial charge is 0.0714 e. The van der Waals surface area contributed by atoms with Gasteiger partial charge in [-0.15, -0.1) is 0 Å². The number of rotatable bonds is 7.